The second-order valence-corrected chi connectivity index (χ2v) is 9.26. The Labute approximate surface area is 183 Å². The van der Waals surface area contributed by atoms with Gasteiger partial charge < -0.3 is 9.64 Å². The zero-order valence-corrected chi connectivity index (χ0v) is 18.3. The van der Waals surface area contributed by atoms with E-state index in [0.29, 0.717) is 24.2 Å². The van der Waals surface area contributed by atoms with E-state index in [9.17, 15) is 14.4 Å². The predicted molar refractivity (Wildman–Crippen MR) is 111 cm³/mol. The number of carbonyl (C=O) groups excluding carboxylic acids is 1. The Morgan fingerprint density at radius 3 is 2.47 bits per heavy atom. The molecule has 0 spiro atoms. The summed E-state index contributed by atoms with van der Waals surface area (Å²) in [6.07, 6.45) is 2.70. The van der Waals surface area contributed by atoms with E-state index in [1.165, 1.54) is 6.20 Å². The Bertz CT molecular complexity index is 1070. The van der Waals surface area contributed by atoms with Crippen LogP contribution in [0.3, 0.4) is 0 Å². The molecule has 30 heavy (non-hydrogen) atoms. The van der Waals surface area contributed by atoms with Crippen LogP contribution >= 0.6 is 23.2 Å². The fraction of sp³-hybridized carbons (Fsp3) is 0.500. The largest absolute Gasteiger partial charge is 0.444 e. The number of nitrogens with zero attached hydrogens (tertiary/aromatic N) is 5. The average Bonchev–Trinajstić information content (AvgIpc) is 2.93. The van der Waals surface area contributed by atoms with Gasteiger partial charge >= 0.3 is 6.09 Å². The molecule has 7 nitrogen and oxygen atoms in total. The van der Waals surface area contributed by atoms with Crippen LogP contribution in [0.5, 0.6) is 0 Å². The number of halogens is 3. The van der Waals surface area contributed by atoms with Gasteiger partial charge in [-0.1, -0.05) is 23.2 Å². The zero-order valence-electron chi connectivity index (χ0n) is 16.7. The summed E-state index contributed by atoms with van der Waals surface area (Å²) in [6.45, 7) is 6.42. The van der Waals surface area contributed by atoms with Crippen molar-refractivity contribution in [3.8, 4) is 6.07 Å². The van der Waals surface area contributed by atoms with Crippen molar-refractivity contribution in [2.24, 2.45) is 0 Å². The lowest BCUT2D eigenvalue weighted by molar-refractivity contribution is 0.0123. The lowest BCUT2D eigenvalue weighted by Crippen LogP contribution is -2.57. The van der Waals surface area contributed by atoms with E-state index in [1.807, 2.05) is 25.7 Å². The first-order valence-corrected chi connectivity index (χ1v) is 10.4. The number of ether oxygens (including phenoxy) is 1. The summed E-state index contributed by atoms with van der Waals surface area (Å²) in [5, 5.41) is 9.66. The average molecular weight is 452 g/mol. The number of nitriles is 1. The Morgan fingerprint density at radius 2 is 1.90 bits per heavy atom. The predicted octanol–water partition coefficient (Wildman–Crippen LogP) is 4.54. The summed E-state index contributed by atoms with van der Waals surface area (Å²) in [5.74, 6) is -0.780. The molecular formula is C20H20Cl2FN5O2. The summed E-state index contributed by atoms with van der Waals surface area (Å²) in [4.78, 5) is 24.4. The van der Waals surface area contributed by atoms with E-state index in [-0.39, 0.29) is 39.6 Å². The molecule has 2 aromatic rings. The van der Waals surface area contributed by atoms with E-state index in [1.54, 1.807) is 4.90 Å². The minimum atomic E-state index is -0.780. The van der Waals surface area contributed by atoms with Crippen LogP contribution in [-0.4, -0.2) is 51.7 Å². The minimum absolute atomic E-state index is 0.0316. The first kappa shape index (κ1) is 20.9. The van der Waals surface area contributed by atoms with Crippen LogP contribution in [0.2, 0.25) is 10.3 Å². The maximum atomic E-state index is 14.6. The van der Waals surface area contributed by atoms with Gasteiger partial charge in [-0.15, -0.1) is 0 Å². The number of hydrogen-bond donors (Lipinski definition) is 0. The van der Waals surface area contributed by atoms with E-state index in [4.69, 9.17) is 27.9 Å². The highest BCUT2D eigenvalue weighted by Gasteiger charge is 2.45. The smallest absolute Gasteiger partial charge is 0.410 e. The highest BCUT2D eigenvalue weighted by molar-refractivity contribution is 6.32. The molecular weight excluding hydrogens is 432 g/mol. The monoisotopic (exact) mass is 451 g/mol. The Kier molecular flexibility index (Phi) is 5.15. The molecule has 2 saturated heterocycles. The molecule has 10 heteroatoms. The van der Waals surface area contributed by atoms with Gasteiger partial charge in [0.25, 0.3) is 0 Å². The molecule has 2 bridgehead atoms. The van der Waals surface area contributed by atoms with Crippen molar-refractivity contribution in [2.75, 3.05) is 18.0 Å². The maximum absolute atomic E-state index is 14.6. The molecule has 0 radical (unpaired) electrons. The molecule has 0 saturated carbocycles. The van der Waals surface area contributed by atoms with Crippen LogP contribution in [0, 0.1) is 17.1 Å². The zero-order chi connectivity index (χ0) is 21.8. The molecule has 158 valence electrons. The third-order valence-corrected chi connectivity index (χ3v) is 5.91. The highest BCUT2D eigenvalue weighted by atomic mass is 35.5. The molecule has 2 aromatic heterocycles. The molecule has 0 aromatic carbocycles. The van der Waals surface area contributed by atoms with E-state index in [2.05, 4.69) is 16.0 Å². The van der Waals surface area contributed by atoms with Gasteiger partial charge in [-0.3, -0.25) is 4.90 Å². The molecule has 0 aliphatic carbocycles. The van der Waals surface area contributed by atoms with Crippen molar-refractivity contribution in [1.29, 1.82) is 5.26 Å². The molecule has 1 amide bonds. The van der Waals surface area contributed by atoms with Gasteiger partial charge in [-0.25, -0.2) is 19.2 Å². The van der Waals surface area contributed by atoms with Gasteiger partial charge in [-0.05, 0) is 33.6 Å². The molecule has 2 aliphatic heterocycles. The molecule has 2 unspecified atom stereocenters. The first-order valence-electron chi connectivity index (χ1n) is 9.60. The number of hydrogen-bond acceptors (Lipinski definition) is 6. The number of fused-ring (bicyclic) bond motifs is 3. The highest BCUT2D eigenvalue weighted by Crippen LogP contribution is 2.40. The molecule has 2 aliphatic rings. The van der Waals surface area contributed by atoms with Crippen molar-refractivity contribution in [3.63, 3.8) is 0 Å². The van der Waals surface area contributed by atoms with Crippen molar-refractivity contribution < 1.29 is 13.9 Å². The summed E-state index contributed by atoms with van der Waals surface area (Å²) in [7, 11) is 0. The van der Waals surface area contributed by atoms with Crippen molar-refractivity contribution in [2.45, 2.75) is 51.3 Å². The number of anilines is 1. The minimum Gasteiger partial charge on any atom is -0.444 e. The van der Waals surface area contributed by atoms with Gasteiger partial charge in [0.05, 0.1) is 17.8 Å². The second-order valence-electron chi connectivity index (χ2n) is 8.54. The van der Waals surface area contributed by atoms with Crippen LogP contribution < -0.4 is 4.90 Å². The van der Waals surface area contributed by atoms with Crippen molar-refractivity contribution >= 4 is 45.9 Å². The van der Waals surface area contributed by atoms with Gasteiger partial charge in [0.2, 0.25) is 0 Å². The van der Waals surface area contributed by atoms with E-state index in [0.717, 1.165) is 12.8 Å². The topological polar surface area (TPSA) is 82.4 Å². The number of piperazine rings is 1. The maximum Gasteiger partial charge on any atom is 0.410 e. The van der Waals surface area contributed by atoms with Crippen LogP contribution in [-0.2, 0) is 4.74 Å². The number of rotatable bonds is 1. The van der Waals surface area contributed by atoms with Gasteiger partial charge in [0.1, 0.15) is 27.9 Å². The first-order chi connectivity index (χ1) is 14.1. The van der Waals surface area contributed by atoms with Crippen LogP contribution in [0.1, 0.15) is 39.2 Å². The SMILES string of the molecule is CC(C)(C)OC(=O)N1C2CCC1CN(c1c(C#N)c(Cl)nc3c(F)c(Cl)ncc13)C2. The third kappa shape index (κ3) is 3.50. The molecule has 4 rings (SSSR count). The summed E-state index contributed by atoms with van der Waals surface area (Å²) < 4.78 is 20.1. The second kappa shape index (κ2) is 7.40. The number of amides is 1. The standard InChI is InChI=1S/C20H20Cl2FN5O2/c1-20(2,3)30-19(29)28-10-4-5-11(28)9-27(8-10)16-12(6-24)17(21)26-15-13(16)7-25-18(22)14(15)23/h7,10-11H,4-5,8-9H2,1-3H3. The normalized spacial score (nSPS) is 21.1. The molecule has 4 heterocycles. The number of pyridine rings is 2. The van der Waals surface area contributed by atoms with Crippen molar-refractivity contribution in [1.82, 2.24) is 14.9 Å². The number of aromatic nitrogens is 2. The third-order valence-electron chi connectivity index (χ3n) is 5.37. The quantitative estimate of drug-likeness (QED) is 0.592. The van der Waals surface area contributed by atoms with Gasteiger partial charge in [-0.2, -0.15) is 5.26 Å². The number of carbonyl (C=O) groups is 1. The lowest BCUT2D eigenvalue weighted by atomic mass is 10.1. The Morgan fingerprint density at radius 1 is 1.27 bits per heavy atom. The lowest BCUT2D eigenvalue weighted by Gasteiger charge is -2.42. The van der Waals surface area contributed by atoms with E-state index >= 15 is 0 Å². The van der Waals surface area contributed by atoms with Gasteiger partial charge in [0.15, 0.2) is 11.0 Å². The Hall–Kier alpha value is -2.37. The molecule has 2 atom stereocenters. The molecule has 0 N–H and O–H groups in total. The van der Waals surface area contributed by atoms with Gasteiger partial charge in [0, 0.05) is 24.7 Å². The van der Waals surface area contributed by atoms with Crippen molar-refractivity contribution in [3.05, 3.63) is 27.9 Å². The summed E-state index contributed by atoms with van der Waals surface area (Å²) >= 11 is 12.0. The van der Waals surface area contributed by atoms with Crippen LogP contribution in [0.25, 0.3) is 10.9 Å². The van der Waals surface area contributed by atoms with E-state index < -0.39 is 11.4 Å². The summed E-state index contributed by atoms with van der Waals surface area (Å²) in [5.41, 5.74) is 0.00359. The Balaban J connectivity index is 1.74. The fourth-order valence-corrected chi connectivity index (χ4v) is 4.60. The summed E-state index contributed by atoms with van der Waals surface area (Å²) in [6, 6.07) is 1.91. The fourth-order valence-electron chi connectivity index (χ4n) is 4.25. The van der Waals surface area contributed by atoms with Crippen LogP contribution in [0.15, 0.2) is 6.20 Å². The molecule has 2 fully saturated rings. The van der Waals surface area contributed by atoms with Crippen LogP contribution in [0.4, 0.5) is 14.9 Å².